The van der Waals surface area contributed by atoms with Gasteiger partial charge in [-0.1, -0.05) is 19.3 Å². The zero-order valence-corrected chi connectivity index (χ0v) is 16.4. The highest BCUT2D eigenvalue weighted by atomic mass is 32.2. The van der Waals surface area contributed by atoms with Crippen molar-refractivity contribution in [3.8, 4) is 0 Å². The van der Waals surface area contributed by atoms with Crippen molar-refractivity contribution in [2.75, 3.05) is 6.61 Å². The molecular formula is C18H27F2NO6S. The third kappa shape index (κ3) is 4.48. The van der Waals surface area contributed by atoms with Crippen molar-refractivity contribution in [2.24, 2.45) is 23.7 Å². The van der Waals surface area contributed by atoms with Crippen molar-refractivity contribution in [2.45, 2.75) is 69.1 Å². The lowest BCUT2D eigenvalue weighted by Crippen LogP contribution is -2.46. The molecule has 4 atom stereocenters. The molecule has 3 fully saturated rings. The van der Waals surface area contributed by atoms with Crippen molar-refractivity contribution in [1.29, 1.82) is 0 Å². The molecule has 160 valence electrons. The Morgan fingerprint density at radius 2 is 1.64 bits per heavy atom. The number of fused-ring (bicyclic) bond motifs is 2. The maximum absolute atomic E-state index is 13.3. The van der Waals surface area contributed by atoms with E-state index in [9.17, 15) is 26.8 Å². The summed E-state index contributed by atoms with van der Waals surface area (Å²) in [5, 5.41) is -1.32. The molecule has 2 bridgehead atoms. The van der Waals surface area contributed by atoms with Gasteiger partial charge in [0, 0.05) is 6.04 Å². The summed E-state index contributed by atoms with van der Waals surface area (Å²) in [6.45, 7) is -0.837. The van der Waals surface area contributed by atoms with Crippen LogP contribution in [0.5, 0.6) is 0 Å². The van der Waals surface area contributed by atoms with E-state index < -0.39 is 46.2 Å². The average molecular weight is 423 g/mol. The quantitative estimate of drug-likeness (QED) is 0.481. The van der Waals surface area contributed by atoms with E-state index in [1.54, 1.807) is 0 Å². The van der Waals surface area contributed by atoms with Gasteiger partial charge < -0.3 is 10.1 Å². The van der Waals surface area contributed by atoms with Crippen LogP contribution in [0, 0.1) is 23.7 Å². The Morgan fingerprint density at radius 3 is 2.25 bits per heavy atom. The second-order valence-electron chi connectivity index (χ2n) is 8.26. The first-order valence-corrected chi connectivity index (χ1v) is 11.4. The molecule has 0 aromatic carbocycles. The van der Waals surface area contributed by atoms with E-state index in [4.69, 9.17) is 9.29 Å². The van der Waals surface area contributed by atoms with Crippen LogP contribution in [0.3, 0.4) is 0 Å². The van der Waals surface area contributed by atoms with Crippen LogP contribution < -0.4 is 5.32 Å². The summed E-state index contributed by atoms with van der Waals surface area (Å²) >= 11 is 0. The molecule has 7 nitrogen and oxygen atoms in total. The Labute approximate surface area is 163 Å². The maximum atomic E-state index is 13.3. The highest BCUT2D eigenvalue weighted by Gasteiger charge is 2.55. The first-order chi connectivity index (χ1) is 13.1. The summed E-state index contributed by atoms with van der Waals surface area (Å²) in [4.78, 5) is 25.4. The van der Waals surface area contributed by atoms with Crippen LogP contribution in [0.4, 0.5) is 8.78 Å². The molecule has 2 N–H and O–H groups in total. The number of carbonyl (C=O) groups excluding carboxylic acids is 2. The molecule has 0 spiro atoms. The van der Waals surface area contributed by atoms with Crippen LogP contribution in [0.15, 0.2) is 0 Å². The van der Waals surface area contributed by atoms with Gasteiger partial charge in [-0.25, -0.2) is 0 Å². The number of rotatable bonds is 7. The molecule has 4 unspecified atom stereocenters. The number of amides is 1. The van der Waals surface area contributed by atoms with Gasteiger partial charge in [-0.05, 0) is 43.9 Å². The van der Waals surface area contributed by atoms with Crippen LogP contribution in [0.1, 0.15) is 57.8 Å². The summed E-state index contributed by atoms with van der Waals surface area (Å²) in [7, 11) is -5.56. The van der Waals surface area contributed by atoms with E-state index in [0.717, 1.165) is 51.4 Å². The molecule has 1 amide bonds. The molecule has 10 heteroatoms. The molecular weight excluding hydrogens is 396 g/mol. The van der Waals surface area contributed by atoms with E-state index >= 15 is 0 Å². The van der Waals surface area contributed by atoms with Crippen LogP contribution >= 0.6 is 0 Å². The Hall–Kier alpha value is -1.29. The summed E-state index contributed by atoms with van der Waals surface area (Å²) in [6.07, 6.45) is 6.20. The summed E-state index contributed by atoms with van der Waals surface area (Å²) in [5.74, 6) is -2.02. The topological polar surface area (TPSA) is 110 Å². The molecule has 28 heavy (non-hydrogen) atoms. The predicted octanol–water partition coefficient (Wildman–Crippen LogP) is 2.51. The van der Waals surface area contributed by atoms with E-state index in [2.05, 4.69) is 5.32 Å². The fraction of sp³-hybridized carbons (Fsp3) is 0.889. The van der Waals surface area contributed by atoms with E-state index in [1.165, 1.54) is 0 Å². The highest BCUT2D eigenvalue weighted by Crippen LogP contribution is 2.53. The molecule has 0 aromatic heterocycles. The van der Waals surface area contributed by atoms with Gasteiger partial charge >= 0.3 is 21.3 Å². The summed E-state index contributed by atoms with van der Waals surface area (Å²) in [6, 6.07) is 0.116. The number of esters is 1. The molecule has 0 aliphatic heterocycles. The molecule has 0 heterocycles. The fourth-order valence-electron chi connectivity index (χ4n) is 5.05. The number of alkyl halides is 2. The normalized spacial score (nSPS) is 31.0. The van der Waals surface area contributed by atoms with Crippen molar-refractivity contribution in [3.63, 3.8) is 0 Å². The van der Waals surface area contributed by atoms with E-state index in [1.807, 2.05) is 0 Å². The second kappa shape index (κ2) is 8.22. The first kappa shape index (κ1) is 21.4. The molecule has 3 saturated carbocycles. The molecule has 0 radical (unpaired) electrons. The van der Waals surface area contributed by atoms with Gasteiger partial charge in [-0.15, -0.1) is 0 Å². The number of nitrogens with one attached hydrogen (secondary N) is 1. The molecule has 0 aromatic rings. The molecule has 0 saturated heterocycles. The molecule has 3 aliphatic carbocycles. The number of ether oxygens (including phenoxy) is 1. The van der Waals surface area contributed by atoms with Gasteiger partial charge in [-0.3, -0.25) is 14.1 Å². The number of halogens is 2. The monoisotopic (exact) mass is 423 g/mol. The smallest absolute Gasteiger partial charge is 0.373 e. The first-order valence-electron chi connectivity index (χ1n) is 9.92. The average Bonchev–Trinajstić information content (AvgIpc) is 3.22. The summed E-state index contributed by atoms with van der Waals surface area (Å²) < 4.78 is 61.2. The van der Waals surface area contributed by atoms with Gasteiger partial charge in [0.25, 0.3) is 0 Å². The van der Waals surface area contributed by atoms with Gasteiger partial charge in [0.2, 0.25) is 5.91 Å². The van der Waals surface area contributed by atoms with E-state index in [-0.39, 0.29) is 23.8 Å². The minimum absolute atomic E-state index is 0.0123. The summed E-state index contributed by atoms with van der Waals surface area (Å²) in [5.41, 5.74) is 0. The largest absolute Gasteiger partial charge is 0.465 e. The third-order valence-electron chi connectivity index (χ3n) is 6.46. The zero-order valence-electron chi connectivity index (χ0n) is 15.6. The Morgan fingerprint density at radius 1 is 1.04 bits per heavy atom. The Bertz CT molecular complexity index is 707. The van der Waals surface area contributed by atoms with Crippen LogP contribution in [0.2, 0.25) is 0 Å². The standard InChI is InChI=1S/C18H27F2NO6S/c19-18(20,28(24,25)26)8-9-27-17(23)15-12-7-6-11(10-12)14(15)16(22)21-13-4-2-1-3-5-13/h11-15H,1-10H2,(H,21,22)(H,24,25,26). The van der Waals surface area contributed by atoms with Gasteiger partial charge in [0.05, 0.1) is 24.9 Å². The SMILES string of the molecule is O=C(NC1CCCCC1)C1C2CCC(C2)C1C(=O)OCCC(F)(F)S(=O)(=O)O. The lowest BCUT2D eigenvalue weighted by atomic mass is 9.78. The van der Waals surface area contributed by atoms with Gasteiger partial charge in [-0.2, -0.15) is 17.2 Å². The lowest BCUT2D eigenvalue weighted by Gasteiger charge is -2.31. The zero-order chi connectivity index (χ0) is 20.5. The minimum atomic E-state index is -5.56. The number of hydrogen-bond donors (Lipinski definition) is 2. The second-order valence-corrected chi connectivity index (χ2v) is 9.81. The third-order valence-corrected chi connectivity index (χ3v) is 7.42. The van der Waals surface area contributed by atoms with Crippen LogP contribution in [-0.2, 0) is 24.4 Å². The van der Waals surface area contributed by atoms with Crippen molar-refractivity contribution in [3.05, 3.63) is 0 Å². The van der Waals surface area contributed by atoms with Gasteiger partial charge in [0.15, 0.2) is 0 Å². The van der Waals surface area contributed by atoms with Crippen LogP contribution in [-0.4, -0.2) is 42.8 Å². The van der Waals surface area contributed by atoms with E-state index in [0.29, 0.717) is 0 Å². The highest BCUT2D eigenvalue weighted by molar-refractivity contribution is 7.86. The Kier molecular flexibility index (Phi) is 6.29. The minimum Gasteiger partial charge on any atom is -0.465 e. The molecule has 3 aliphatic rings. The van der Waals surface area contributed by atoms with Crippen molar-refractivity contribution in [1.82, 2.24) is 5.32 Å². The number of hydrogen-bond acceptors (Lipinski definition) is 5. The Balaban J connectivity index is 1.59. The fourth-order valence-corrected chi connectivity index (χ4v) is 5.39. The molecule has 3 rings (SSSR count). The predicted molar refractivity (Wildman–Crippen MR) is 94.9 cm³/mol. The lowest BCUT2D eigenvalue weighted by molar-refractivity contribution is -0.156. The number of carbonyl (C=O) groups is 2. The van der Waals surface area contributed by atoms with Gasteiger partial charge in [0.1, 0.15) is 0 Å². The van der Waals surface area contributed by atoms with Crippen molar-refractivity contribution < 1.29 is 36.1 Å². The van der Waals surface area contributed by atoms with Crippen LogP contribution in [0.25, 0.3) is 0 Å². The maximum Gasteiger partial charge on any atom is 0.373 e. The van der Waals surface area contributed by atoms with Crippen molar-refractivity contribution >= 4 is 22.0 Å².